The number of nitro groups is 1. The fourth-order valence-electron chi connectivity index (χ4n) is 2.12. The van der Waals surface area contributed by atoms with Gasteiger partial charge in [0.1, 0.15) is 5.75 Å². The molecule has 126 valence electrons. The highest BCUT2D eigenvalue weighted by molar-refractivity contribution is 7.12. The molecule has 2 rings (SSSR count). The number of aryl methyl sites for hydroxylation is 2. The molecule has 0 atom stereocenters. The largest absolute Gasteiger partial charge is 0.483 e. The van der Waals surface area contributed by atoms with Crippen LogP contribution in [0.15, 0.2) is 34.7 Å². The maximum atomic E-state index is 11.8. The Balaban J connectivity index is 1.97. The zero-order valence-electron chi connectivity index (χ0n) is 13.5. The van der Waals surface area contributed by atoms with Gasteiger partial charge in [-0.15, -0.1) is 11.3 Å². The Morgan fingerprint density at radius 2 is 2.04 bits per heavy atom. The number of hydrazone groups is 1. The van der Waals surface area contributed by atoms with E-state index in [9.17, 15) is 14.9 Å². The van der Waals surface area contributed by atoms with Gasteiger partial charge in [0.05, 0.1) is 10.6 Å². The minimum atomic E-state index is -0.460. The third kappa shape index (κ3) is 4.39. The fourth-order valence-corrected chi connectivity index (χ4v) is 2.79. The Bertz CT molecular complexity index is 762. The third-order valence-corrected chi connectivity index (χ3v) is 4.21. The van der Waals surface area contributed by atoms with E-state index in [0.717, 1.165) is 4.88 Å². The molecule has 0 saturated carbocycles. The van der Waals surface area contributed by atoms with Crippen molar-refractivity contribution in [1.29, 1.82) is 0 Å². The van der Waals surface area contributed by atoms with Gasteiger partial charge >= 0.3 is 0 Å². The van der Waals surface area contributed by atoms with Crippen LogP contribution in [-0.4, -0.2) is 23.1 Å². The van der Waals surface area contributed by atoms with Crippen LogP contribution in [-0.2, 0) is 4.79 Å². The highest BCUT2D eigenvalue weighted by atomic mass is 32.1. The number of ether oxygens (including phenoxy) is 1. The van der Waals surface area contributed by atoms with Gasteiger partial charge in [-0.1, -0.05) is 6.07 Å². The second kappa shape index (κ2) is 7.69. The summed E-state index contributed by atoms with van der Waals surface area (Å²) in [7, 11) is 0. The first-order chi connectivity index (χ1) is 11.4. The van der Waals surface area contributed by atoms with Gasteiger partial charge in [-0.3, -0.25) is 14.9 Å². The first kappa shape index (κ1) is 17.6. The molecule has 0 saturated heterocycles. The van der Waals surface area contributed by atoms with Crippen molar-refractivity contribution in [3.63, 3.8) is 0 Å². The van der Waals surface area contributed by atoms with E-state index in [4.69, 9.17) is 4.74 Å². The Morgan fingerprint density at radius 1 is 1.38 bits per heavy atom. The molecular formula is C16H17N3O4S. The first-order valence-electron chi connectivity index (χ1n) is 7.14. The van der Waals surface area contributed by atoms with Crippen LogP contribution in [0.2, 0.25) is 0 Å². The van der Waals surface area contributed by atoms with Crippen molar-refractivity contribution in [3.05, 3.63) is 55.8 Å². The predicted octanol–water partition coefficient (Wildman–Crippen LogP) is 3.19. The number of hydrogen-bond donors (Lipinski definition) is 1. The van der Waals surface area contributed by atoms with E-state index < -0.39 is 10.8 Å². The molecule has 0 aliphatic rings. The number of hydrogen-bond acceptors (Lipinski definition) is 6. The number of carbonyl (C=O) groups excluding carboxylic acids is 1. The Kier molecular flexibility index (Phi) is 5.64. The molecule has 24 heavy (non-hydrogen) atoms. The molecule has 0 aliphatic carbocycles. The number of non-ortho nitro benzene ring substituents is 1. The molecule has 0 aliphatic heterocycles. The number of carbonyl (C=O) groups is 1. The van der Waals surface area contributed by atoms with Crippen molar-refractivity contribution in [2.24, 2.45) is 5.10 Å². The molecule has 0 bridgehead atoms. The fraction of sp³-hybridized carbons (Fsp3) is 0.250. The summed E-state index contributed by atoms with van der Waals surface area (Å²) in [5.74, 6) is 0.0674. The van der Waals surface area contributed by atoms with E-state index in [1.165, 1.54) is 23.5 Å². The number of thiophene rings is 1. The van der Waals surface area contributed by atoms with Crippen LogP contribution in [0.4, 0.5) is 5.69 Å². The number of rotatable bonds is 6. The number of nitrogens with one attached hydrogen (secondary N) is 1. The zero-order chi connectivity index (χ0) is 17.7. The summed E-state index contributed by atoms with van der Waals surface area (Å²) in [6.45, 7) is 4.98. The van der Waals surface area contributed by atoms with Gasteiger partial charge in [0.15, 0.2) is 6.61 Å². The average Bonchev–Trinajstić information content (AvgIpc) is 3.06. The van der Waals surface area contributed by atoms with Gasteiger partial charge < -0.3 is 4.74 Å². The van der Waals surface area contributed by atoms with Crippen LogP contribution in [0.1, 0.15) is 22.9 Å². The summed E-state index contributed by atoms with van der Waals surface area (Å²) in [6.07, 6.45) is 0. The number of nitrogens with zero attached hydrogens (tertiary/aromatic N) is 2. The van der Waals surface area contributed by atoms with Crippen LogP contribution in [0.25, 0.3) is 0 Å². The summed E-state index contributed by atoms with van der Waals surface area (Å²) >= 11 is 1.53. The van der Waals surface area contributed by atoms with Gasteiger partial charge in [0.2, 0.25) is 0 Å². The van der Waals surface area contributed by atoms with Gasteiger partial charge in [0, 0.05) is 17.0 Å². The predicted molar refractivity (Wildman–Crippen MR) is 92.7 cm³/mol. The van der Waals surface area contributed by atoms with Gasteiger partial charge in [0.25, 0.3) is 11.6 Å². The van der Waals surface area contributed by atoms with E-state index in [2.05, 4.69) is 10.5 Å². The highest BCUT2D eigenvalue weighted by Crippen LogP contribution is 2.28. The molecule has 1 N–H and O–H groups in total. The molecule has 8 heteroatoms. The molecule has 0 radical (unpaired) electrons. The lowest BCUT2D eigenvalue weighted by molar-refractivity contribution is -0.385. The van der Waals surface area contributed by atoms with Gasteiger partial charge in [-0.05, 0) is 43.3 Å². The van der Waals surface area contributed by atoms with Gasteiger partial charge in [-0.25, -0.2) is 5.43 Å². The smallest absolute Gasteiger partial charge is 0.277 e. The average molecular weight is 347 g/mol. The monoisotopic (exact) mass is 347 g/mol. The van der Waals surface area contributed by atoms with Crippen molar-refractivity contribution >= 4 is 28.6 Å². The van der Waals surface area contributed by atoms with Crippen molar-refractivity contribution in [1.82, 2.24) is 5.43 Å². The second-order valence-electron chi connectivity index (χ2n) is 5.16. The molecular weight excluding hydrogens is 330 g/mol. The molecule has 1 amide bonds. The van der Waals surface area contributed by atoms with Crippen molar-refractivity contribution < 1.29 is 14.5 Å². The number of benzene rings is 1. The molecule has 0 spiro atoms. The van der Waals surface area contributed by atoms with Crippen LogP contribution in [0.3, 0.4) is 0 Å². The Labute approximate surface area is 143 Å². The van der Waals surface area contributed by atoms with Crippen molar-refractivity contribution in [3.8, 4) is 5.75 Å². The molecule has 2 aromatic rings. The lowest BCUT2D eigenvalue weighted by Gasteiger charge is -2.11. The Hall–Kier alpha value is -2.74. The highest BCUT2D eigenvalue weighted by Gasteiger charge is 2.14. The van der Waals surface area contributed by atoms with Crippen LogP contribution >= 0.6 is 11.3 Å². The maximum Gasteiger partial charge on any atom is 0.277 e. The first-order valence-corrected chi connectivity index (χ1v) is 8.02. The summed E-state index contributed by atoms with van der Waals surface area (Å²) in [5.41, 5.74) is 4.35. The summed E-state index contributed by atoms with van der Waals surface area (Å²) in [6, 6.07) is 6.65. The normalized spacial score (nSPS) is 11.2. The molecule has 7 nitrogen and oxygen atoms in total. The van der Waals surface area contributed by atoms with E-state index in [0.29, 0.717) is 22.6 Å². The lowest BCUT2D eigenvalue weighted by Crippen LogP contribution is -2.25. The van der Waals surface area contributed by atoms with E-state index in [1.807, 2.05) is 17.5 Å². The van der Waals surface area contributed by atoms with E-state index in [1.54, 1.807) is 20.8 Å². The van der Waals surface area contributed by atoms with E-state index in [-0.39, 0.29) is 12.3 Å². The topological polar surface area (TPSA) is 93.8 Å². The van der Waals surface area contributed by atoms with Crippen LogP contribution < -0.4 is 10.2 Å². The molecule has 0 fully saturated rings. The van der Waals surface area contributed by atoms with Crippen LogP contribution in [0, 0.1) is 24.0 Å². The second-order valence-corrected chi connectivity index (χ2v) is 6.11. The maximum absolute atomic E-state index is 11.8. The Morgan fingerprint density at radius 3 is 2.58 bits per heavy atom. The quantitative estimate of drug-likeness (QED) is 0.493. The van der Waals surface area contributed by atoms with Crippen molar-refractivity contribution in [2.45, 2.75) is 20.8 Å². The van der Waals surface area contributed by atoms with Crippen LogP contribution in [0.5, 0.6) is 5.75 Å². The summed E-state index contributed by atoms with van der Waals surface area (Å²) in [4.78, 5) is 23.2. The molecule has 1 aromatic heterocycles. The summed E-state index contributed by atoms with van der Waals surface area (Å²) < 4.78 is 5.49. The standard InChI is InChI=1S/C16H17N3O4S/c1-10-7-13(19(21)22)8-11(2)16(10)23-9-15(20)18-17-12(3)14-5-4-6-24-14/h4-8H,9H2,1-3H3,(H,18,20). The minimum absolute atomic E-state index is 0.00188. The summed E-state index contributed by atoms with van der Waals surface area (Å²) in [5, 5.41) is 16.8. The molecule has 1 aromatic carbocycles. The molecule has 0 unspecified atom stereocenters. The van der Waals surface area contributed by atoms with Crippen molar-refractivity contribution in [2.75, 3.05) is 6.61 Å². The molecule has 1 heterocycles. The zero-order valence-corrected chi connectivity index (χ0v) is 14.3. The number of nitro benzene ring substituents is 1. The number of amides is 1. The third-order valence-electron chi connectivity index (χ3n) is 3.23. The van der Waals surface area contributed by atoms with Gasteiger partial charge in [-0.2, -0.15) is 5.10 Å². The SMILES string of the molecule is CC(=NNC(=O)COc1c(C)cc([N+](=O)[O-])cc1C)c1cccs1. The lowest BCUT2D eigenvalue weighted by atomic mass is 10.1. The van der Waals surface area contributed by atoms with E-state index >= 15 is 0 Å². The minimum Gasteiger partial charge on any atom is -0.483 e.